The summed E-state index contributed by atoms with van der Waals surface area (Å²) in [7, 11) is 1.66. The minimum absolute atomic E-state index is 0.0727. The summed E-state index contributed by atoms with van der Waals surface area (Å²) in [6.45, 7) is 6.22. The van der Waals surface area contributed by atoms with E-state index in [1.165, 1.54) is 4.57 Å². The number of anilines is 2. The Hall–Kier alpha value is -3.38. The number of fused-ring (bicyclic) bond motifs is 2. The maximum Gasteiger partial charge on any atom is 0.270 e. The number of rotatable bonds is 4. The van der Waals surface area contributed by atoms with Gasteiger partial charge in [0.2, 0.25) is 5.95 Å². The summed E-state index contributed by atoms with van der Waals surface area (Å²) in [6.07, 6.45) is 5.37. The van der Waals surface area contributed by atoms with Crippen LogP contribution in [0.25, 0.3) is 11.0 Å². The van der Waals surface area contributed by atoms with Gasteiger partial charge in [0.1, 0.15) is 22.3 Å². The Morgan fingerprint density at radius 1 is 1.21 bits per heavy atom. The van der Waals surface area contributed by atoms with Crippen LogP contribution in [0.5, 0.6) is 5.75 Å². The fraction of sp³-hybridized carbons (Fsp3) is 0.458. The smallest absolute Gasteiger partial charge is 0.270 e. The number of aromatic nitrogens is 4. The van der Waals surface area contributed by atoms with E-state index < -0.39 is 0 Å². The molecule has 2 atom stereocenters. The maximum atomic E-state index is 12.9. The molecule has 10 heteroatoms. The minimum atomic E-state index is -0.318. The molecule has 0 saturated carbocycles. The monoisotopic (exact) mass is 479 g/mol. The van der Waals surface area contributed by atoms with Crippen molar-refractivity contribution in [3.63, 3.8) is 0 Å². The van der Waals surface area contributed by atoms with E-state index in [-0.39, 0.29) is 17.2 Å². The summed E-state index contributed by atoms with van der Waals surface area (Å²) in [6, 6.07) is 5.87. The molecule has 2 fully saturated rings. The summed E-state index contributed by atoms with van der Waals surface area (Å²) in [4.78, 5) is 30.9. The molecule has 3 aromatic heterocycles. The van der Waals surface area contributed by atoms with Gasteiger partial charge in [0.25, 0.3) is 5.56 Å². The van der Waals surface area contributed by atoms with Crippen molar-refractivity contribution in [2.24, 2.45) is 13.0 Å². The Kier molecular flexibility index (Phi) is 5.78. The van der Waals surface area contributed by atoms with E-state index >= 15 is 0 Å². The average Bonchev–Trinajstić information content (AvgIpc) is 3.24. The number of nitriles is 1. The number of nitrogens with zero attached hydrogens (tertiary/aromatic N) is 7. The maximum absolute atomic E-state index is 12.9. The molecule has 0 spiro atoms. The van der Waals surface area contributed by atoms with Crippen LogP contribution in [0, 0.1) is 17.2 Å². The highest BCUT2D eigenvalue weighted by Crippen LogP contribution is 2.37. The SMILES string of the molecule is CC(C)Oc1cnc(N2CC[C@H]3CN(c4c(C#N)c(=O)n(C)c5ccc(Cl)nc45)CC[C@H]32)nc1. The van der Waals surface area contributed by atoms with E-state index in [4.69, 9.17) is 16.3 Å². The summed E-state index contributed by atoms with van der Waals surface area (Å²) < 4.78 is 7.13. The fourth-order valence-corrected chi connectivity index (χ4v) is 5.35. The average molecular weight is 480 g/mol. The molecule has 34 heavy (non-hydrogen) atoms. The van der Waals surface area contributed by atoms with Crippen LogP contribution in [0.4, 0.5) is 11.6 Å². The van der Waals surface area contributed by atoms with Crippen LogP contribution < -0.4 is 20.1 Å². The Morgan fingerprint density at radius 3 is 2.68 bits per heavy atom. The fourth-order valence-electron chi connectivity index (χ4n) is 5.21. The molecule has 2 saturated heterocycles. The Balaban J connectivity index is 1.44. The molecule has 0 N–H and O–H groups in total. The van der Waals surface area contributed by atoms with Gasteiger partial charge in [-0.25, -0.2) is 15.0 Å². The van der Waals surface area contributed by atoms with Gasteiger partial charge >= 0.3 is 0 Å². The lowest BCUT2D eigenvalue weighted by Gasteiger charge is -2.39. The van der Waals surface area contributed by atoms with Gasteiger partial charge in [0, 0.05) is 32.7 Å². The molecule has 2 aliphatic rings. The first-order chi connectivity index (χ1) is 16.4. The normalized spacial score (nSPS) is 20.0. The first-order valence-corrected chi connectivity index (χ1v) is 11.8. The first kappa shape index (κ1) is 22.4. The Labute approximate surface area is 202 Å². The van der Waals surface area contributed by atoms with Gasteiger partial charge in [-0.05, 0) is 44.7 Å². The topological polar surface area (TPSA) is 100 Å². The van der Waals surface area contributed by atoms with Gasteiger partial charge in [-0.1, -0.05) is 11.6 Å². The number of ether oxygens (including phenoxy) is 1. The lowest BCUT2D eigenvalue weighted by atomic mass is 9.92. The molecule has 0 amide bonds. The van der Waals surface area contributed by atoms with Crippen LogP contribution in [0.1, 0.15) is 32.3 Å². The summed E-state index contributed by atoms with van der Waals surface area (Å²) in [5, 5.41) is 10.2. The molecule has 5 heterocycles. The number of pyridine rings is 2. The van der Waals surface area contributed by atoms with E-state index in [1.54, 1.807) is 31.6 Å². The van der Waals surface area contributed by atoms with E-state index in [1.807, 2.05) is 13.8 Å². The van der Waals surface area contributed by atoms with Crippen molar-refractivity contribution in [2.45, 2.75) is 38.8 Å². The van der Waals surface area contributed by atoms with Gasteiger partial charge in [0.15, 0.2) is 5.75 Å². The van der Waals surface area contributed by atoms with Crippen LogP contribution in [-0.4, -0.2) is 51.3 Å². The predicted octanol–water partition coefficient (Wildman–Crippen LogP) is 3.14. The number of hydrogen-bond donors (Lipinski definition) is 0. The standard InChI is InChI=1S/C24H26ClN7O2/c1-14(2)34-16-11-27-24(28-12-16)32-9-6-15-13-31(8-7-18(15)32)22-17(10-26)23(33)30(3)19-4-5-20(25)29-21(19)22/h4-5,11-12,14-15,18H,6-9,13H2,1-3H3/t15-,18+/m0/s1. The lowest BCUT2D eigenvalue weighted by Crippen LogP contribution is -2.47. The molecule has 0 radical (unpaired) electrons. The molecule has 176 valence electrons. The molecule has 3 aromatic rings. The zero-order chi connectivity index (χ0) is 24.0. The highest BCUT2D eigenvalue weighted by molar-refractivity contribution is 6.29. The molecular weight excluding hydrogens is 454 g/mol. The second kappa shape index (κ2) is 8.76. The van der Waals surface area contributed by atoms with E-state index in [0.29, 0.717) is 52.1 Å². The highest BCUT2D eigenvalue weighted by atomic mass is 35.5. The van der Waals surface area contributed by atoms with Crippen molar-refractivity contribution in [1.29, 1.82) is 5.26 Å². The predicted molar refractivity (Wildman–Crippen MR) is 131 cm³/mol. The quantitative estimate of drug-likeness (QED) is 0.526. The van der Waals surface area contributed by atoms with Crippen molar-refractivity contribution in [3.8, 4) is 11.8 Å². The van der Waals surface area contributed by atoms with Crippen molar-refractivity contribution < 1.29 is 4.74 Å². The van der Waals surface area contributed by atoms with Crippen LogP contribution in [-0.2, 0) is 7.05 Å². The second-order valence-corrected chi connectivity index (χ2v) is 9.52. The zero-order valence-electron chi connectivity index (χ0n) is 19.4. The second-order valence-electron chi connectivity index (χ2n) is 9.13. The van der Waals surface area contributed by atoms with Crippen LogP contribution in [0.15, 0.2) is 29.3 Å². The molecule has 0 unspecified atom stereocenters. The van der Waals surface area contributed by atoms with Crippen molar-refractivity contribution in [2.75, 3.05) is 29.4 Å². The number of piperidine rings is 1. The largest absolute Gasteiger partial charge is 0.488 e. The van der Waals surface area contributed by atoms with Gasteiger partial charge in [-0.15, -0.1) is 0 Å². The molecule has 9 nitrogen and oxygen atoms in total. The van der Waals surface area contributed by atoms with Gasteiger partial charge < -0.3 is 19.1 Å². The molecule has 0 aliphatic carbocycles. The van der Waals surface area contributed by atoms with Crippen LogP contribution >= 0.6 is 11.6 Å². The van der Waals surface area contributed by atoms with Gasteiger partial charge in [-0.2, -0.15) is 5.26 Å². The lowest BCUT2D eigenvalue weighted by molar-refractivity contribution is 0.240. The number of hydrogen-bond acceptors (Lipinski definition) is 8. The number of halogens is 1. The molecule has 2 aliphatic heterocycles. The highest BCUT2D eigenvalue weighted by Gasteiger charge is 2.40. The third kappa shape index (κ3) is 3.82. The van der Waals surface area contributed by atoms with E-state index in [0.717, 1.165) is 25.9 Å². The Bertz CT molecular complexity index is 1330. The van der Waals surface area contributed by atoms with Crippen molar-refractivity contribution >= 4 is 34.3 Å². The molecular formula is C24H26ClN7O2. The zero-order valence-corrected chi connectivity index (χ0v) is 20.2. The van der Waals surface area contributed by atoms with E-state index in [9.17, 15) is 10.1 Å². The third-order valence-corrected chi connectivity index (χ3v) is 6.90. The van der Waals surface area contributed by atoms with Crippen LogP contribution in [0.3, 0.4) is 0 Å². The first-order valence-electron chi connectivity index (χ1n) is 11.5. The molecule has 0 aromatic carbocycles. The van der Waals surface area contributed by atoms with Crippen LogP contribution in [0.2, 0.25) is 5.15 Å². The Morgan fingerprint density at radius 2 is 1.97 bits per heavy atom. The summed E-state index contributed by atoms with van der Waals surface area (Å²) >= 11 is 6.20. The van der Waals surface area contributed by atoms with Crippen molar-refractivity contribution in [3.05, 3.63) is 45.6 Å². The van der Waals surface area contributed by atoms with E-state index in [2.05, 4.69) is 30.8 Å². The van der Waals surface area contributed by atoms with Gasteiger partial charge in [-0.3, -0.25) is 4.79 Å². The van der Waals surface area contributed by atoms with Crippen molar-refractivity contribution in [1.82, 2.24) is 19.5 Å². The number of aryl methyl sites for hydroxylation is 1. The van der Waals surface area contributed by atoms with Gasteiger partial charge in [0.05, 0.1) is 29.7 Å². The summed E-state index contributed by atoms with van der Waals surface area (Å²) in [5.74, 6) is 1.73. The third-order valence-electron chi connectivity index (χ3n) is 6.69. The minimum Gasteiger partial charge on any atom is -0.488 e. The molecule has 5 rings (SSSR count). The molecule has 0 bridgehead atoms. The summed E-state index contributed by atoms with van der Waals surface area (Å²) in [5.41, 5.74) is 1.63.